The van der Waals surface area contributed by atoms with Gasteiger partial charge in [0.25, 0.3) is 0 Å². The standard InChI is InChI=1S/C13H20O4/c1-5-8-16-13(15)11(4)7-6-9-17-12(14)10(2)3/h2,4-9H2,1,3H3. The number of ether oxygens (including phenoxy) is 2. The maximum Gasteiger partial charge on any atom is 0.333 e. The van der Waals surface area contributed by atoms with Crippen LogP contribution in [0.1, 0.15) is 33.1 Å². The second-order valence-electron chi connectivity index (χ2n) is 3.76. The van der Waals surface area contributed by atoms with E-state index >= 15 is 0 Å². The second kappa shape index (κ2) is 8.56. The molecule has 0 amide bonds. The predicted octanol–water partition coefficient (Wildman–Crippen LogP) is 2.40. The molecule has 96 valence electrons. The molecule has 0 aromatic carbocycles. The van der Waals surface area contributed by atoms with Crippen LogP contribution in [-0.4, -0.2) is 25.2 Å². The smallest absolute Gasteiger partial charge is 0.333 e. The zero-order chi connectivity index (χ0) is 13.3. The molecule has 0 spiro atoms. The molecular weight excluding hydrogens is 220 g/mol. The fraction of sp³-hybridized carbons (Fsp3) is 0.538. The van der Waals surface area contributed by atoms with Crippen LogP contribution < -0.4 is 0 Å². The summed E-state index contributed by atoms with van der Waals surface area (Å²) in [5, 5.41) is 0. The summed E-state index contributed by atoms with van der Waals surface area (Å²) < 4.78 is 9.79. The summed E-state index contributed by atoms with van der Waals surface area (Å²) in [5.41, 5.74) is 0.774. The minimum absolute atomic E-state index is 0.256. The van der Waals surface area contributed by atoms with Crippen LogP contribution in [0.5, 0.6) is 0 Å². The van der Waals surface area contributed by atoms with Gasteiger partial charge in [0.05, 0.1) is 13.2 Å². The van der Waals surface area contributed by atoms with E-state index < -0.39 is 5.97 Å². The van der Waals surface area contributed by atoms with E-state index in [1.165, 1.54) is 0 Å². The number of carbonyl (C=O) groups is 2. The van der Waals surface area contributed by atoms with Crippen LogP contribution in [-0.2, 0) is 19.1 Å². The third-order valence-corrected chi connectivity index (χ3v) is 1.93. The first kappa shape index (κ1) is 15.4. The summed E-state index contributed by atoms with van der Waals surface area (Å²) in [6.07, 6.45) is 1.81. The lowest BCUT2D eigenvalue weighted by Crippen LogP contribution is -2.10. The van der Waals surface area contributed by atoms with Crippen molar-refractivity contribution in [3.63, 3.8) is 0 Å². The Morgan fingerprint density at radius 2 is 1.65 bits per heavy atom. The van der Waals surface area contributed by atoms with Gasteiger partial charge in [-0.15, -0.1) is 0 Å². The lowest BCUT2D eigenvalue weighted by molar-refractivity contribution is -0.139. The van der Waals surface area contributed by atoms with Gasteiger partial charge in [0.15, 0.2) is 0 Å². The Bertz CT molecular complexity index is 305. The molecule has 17 heavy (non-hydrogen) atoms. The molecule has 0 aliphatic rings. The summed E-state index contributed by atoms with van der Waals surface area (Å²) in [7, 11) is 0. The highest BCUT2D eigenvalue weighted by Crippen LogP contribution is 2.06. The van der Waals surface area contributed by atoms with Crippen molar-refractivity contribution >= 4 is 11.9 Å². The van der Waals surface area contributed by atoms with Gasteiger partial charge in [-0.25, -0.2) is 9.59 Å². The molecule has 0 aliphatic heterocycles. The molecule has 0 heterocycles. The van der Waals surface area contributed by atoms with E-state index in [9.17, 15) is 9.59 Å². The average Bonchev–Trinajstić information content (AvgIpc) is 2.30. The third kappa shape index (κ3) is 7.33. The Balaban J connectivity index is 3.68. The van der Waals surface area contributed by atoms with Gasteiger partial charge in [-0.2, -0.15) is 0 Å². The van der Waals surface area contributed by atoms with Crippen molar-refractivity contribution in [2.45, 2.75) is 33.1 Å². The molecule has 0 unspecified atom stereocenters. The summed E-state index contributed by atoms with van der Waals surface area (Å²) in [4.78, 5) is 22.3. The van der Waals surface area contributed by atoms with Gasteiger partial charge in [0.1, 0.15) is 0 Å². The van der Waals surface area contributed by atoms with Gasteiger partial charge in [-0.05, 0) is 26.2 Å². The summed E-state index contributed by atoms with van der Waals surface area (Å²) >= 11 is 0. The predicted molar refractivity (Wildman–Crippen MR) is 65.4 cm³/mol. The quantitative estimate of drug-likeness (QED) is 0.371. The molecule has 0 N–H and O–H groups in total. The van der Waals surface area contributed by atoms with Crippen LogP contribution in [0.2, 0.25) is 0 Å². The van der Waals surface area contributed by atoms with Gasteiger partial charge in [-0.3, -0.25) is 0 Å². The van der Waals surface area contributed by atoms with Gasteiger partial charge >= 0.3 is 11.9 Å². The van der Waals surface area contributed by atoms with Gasteiger partial charge in [0.2, 0.25) is 0 Å². The molecule has 4 nitrogen and oxygen atoms in total. The Kier molecular flexibility index (Phi) is 7.76. The van der Waals surface area contributed by atoms with Gasteiger partial charge in [-0.1, -0.05) is 20.1 Å². The highest BCUT2D eigenvalue weighted by Gasteiger charge is 2.08. The normalized spacial score (nSPS) is 9.53. The van der Waals surface area contributed by atoms with E-state index in [0.29, 0.717) is 30.6 Å². The molecule has 0 bridgehead atoms. The van der Waals surface area contributed by atoms with Crippen LogP contribution in [0, 0.1) is 0 Å². The molecule has 4 heteroatoms. The maximum atomic E-state index is 11.3. The fourth-order valence-corrected chi connectivity index (χ4v) is 0.973. The maximum absolute atomic E-state index is 11.3. The van der Waals surface area contributed by atoms with E-state index in [1.54, 1.807) is 6.92 Å². The highest BCUT2D eigenvalue weighted by atomic mass is 16.5. The first-order valence-corrected chi connectivity index (χ1v) is 5.66. The third-order valence-electron chi connectivity index (χ3n) is 1.93. The van der Waals surface area contributed by atoms with Crippen molar-refractivity contribution in [3.05, 3.63) is 24.3 Å². The molecule has 0 saturated heterocycles. The fourth-order valence-electron chi connectivity index (χ4n) is 0.973. The lowest BCUT2D eigenvalue weighted by atomic mass is 10.2. The number of rotatable bonds is 8. The van der Waals surface area contributed by atoms with Crippen LogP contribution in [0.25, 0.3) is 0 Å². The van der Waals surface area contributed by atoms with Crippen molar-refractivity contribution in [2.75, 3.05) is 13.2 Å². The molecule has 0 fully saturated rings. The molecule has 0 saturated carbocycles. The first-order chi connectivity index (χ1) is 7.99. The Morgan fingerprint density at radius 1 is 1.06 bits per heavy atom. The Hall–Kier alpha value is -1.58. The number of hydrogen-bond donors (Lipinski definition) is 0. The van der Waals surface area contributed by atoms with Crippen molar-refractivity contribution in [3.8, 4) is 0 Å². The minimum atomic E-state index is -0.413. The monoisotopic (exact) mass is 240 g/mol. The molecule has 0 radical (unpaired) electrons. The summed E-state index contributed by atoms with van der Waals surface area (Å²) in [6.45, 7) is 11.3. The van der Waals surface area contributed by atoms with Gasteiger partial charge in [0, 0.05) is 11.1 Å². The molecule has 0 aliphatic carbocycles. The molecule has 0 aromatic rings. The molecule has 0 rings (SSSR count). The van der Waals surface area contributed by atoms with Gasteiger partial charge < -0.3 is 9.47 Å². The minimum Gasteiger partial charge on any atom is -0.462 e. The van der Waals surface area contributed by atoms with Crippen LogP contribution >= 0.6 is 0 Å². The van der Waals surface area contributed by atoms with Crippen LogP contribution in [0.3, 0.4) is 0 Å². The van der Waals surface area contributed by atoms with Crippen molar-refractivity contribution < 1.29 is 19.1 Å². The van der Waals surface area contributed by atoms with Crippen LogP contribution in [0.15, 0.2) is 24.3 Å². The zero-order valence-corrected chi connectivity index (χ0v) is 10.6. The Labute approximate surface area is 102 Å². The van der Waals surface area contributed by atoms with E-state index in [0.717, 1.165) is 6.42 Å². The summed E-state index contributed by atoms with van der Waals surface area (Å²) in [6, 6.07) is 0. The highest BCUT2D eigenvalue weighted by molar-refractivity contribution is 5.88. The SMILES string of the molecule is C=C(C)C(=O)OCCCC(=C)C(=O)OCCC. The molecular formula is C13H20O4. The van der Waals surface area contributed by atoms with Crippen molar-refractivity contribution in [2.24, 2.45) is 0 Å². The number of esters is 2. The molecule has 0 atom stereocenters. The topological polar surface area (TPSA) is 52.6 Å². The molecule has 0 aromatic heterocycles. The number of hydrogen-bond acceptors (Lipinski definition) is 4. The summed E-state index contributed by atoms with van der Waals surface area (Å²) in [5.74, 6) is -0.790. The van der Waals surface area contributed by atoms with Crippen molar-refractivity contribution in [1.82, 2.24) is 0 Å². The average molecular weight is 240 g/mol. The van der Waals surface area contributed by atoms with Crippen molar-refractivity contribution in [1.29, 1.82) is 0 Å². The van der Waals surface area contributed by atoms with E-state index in [1.807, 2.05) is 6.92 Å². The first-order valence-electron chi connectivity index (χ1n) is 5.66. The largest absolute Gasteiger partial charge is 0.462 e. The van der Waals surface area contributed by atoms with E-state index in [-0.39, 0.29) is 12.6 Å². The Morgan fingerprint density at radius 3 is 2.18 bits per heavy atom. The van der Waals surface area contributed by atoms with Crippen LogP contribution in [0.4, 0.5) is 0 Å². The van der Waals surface area contributed by atoms with E-state index in [2.05, 4.69) is 13.2 Å². The number of carbonyl (C=O) groups excluding carboxylic acids is 2. The van der Waals surface area contributed by atoms with E-state index in [4.69, 9.17) is 9.47 Å². The zero-order valence-electron chi connectivity index (χ0n) is 10.6. The lowest BCUT2D eigenvalue weighted by Gasteiger charge is -2.06. The second-order valence-corrected chi connectivity index (χ2v) is 3.76.